The summed E-state index contributed by atoms with van der Waals surface area (Å²) in [7, 11) is 0. The third kappa shape index (κ3) is 3.02. The van der Waals surface area contributed by atoms with Crippen LogP contribution >= 0.6 is 0 Å². The summed E-state index contributed by atoms with van der Waals surface area (Å²) in [4.78, 5) is 12.2. The molecule has 5 nitrogen and oxygen atoms in total. The van der Waals surface area contributed by atoms with E-state index >= 15 is 0 Å². The smallest absolute Gasteiger partial charge is 0.249 e. The first-order valence-corrected chi connectivity index (χ1v) is 6.97. The molecule has 2 rings (SSSR count). The van der Waals surface area contributed by atoms with Crippen LogP contribution in [0, 0.1) is 0 Å². The second kappa shape index (κ2) is 5.99. The normalized spacial score (nSPS) is 31.2. The van der Waals surface area contributed by atoms with Crippen LogP contribution in [0.5, 0.6) is 0 Å². The van der Waals surface area contributed by atoms with Gasteiger partial charge in [-0.05, 0) is 25.7 Å². The molecule has 2 aliphatic rings. The number of amides is 1. The molecular formula is C13H24N2O3. The van der Waals surface area contributed by atoms with Gasteiger partial charge in [-0.3, -0.25) is 4.79 Å². The number of hydrogen-bond acceptors (Lipinski definition) is 4. The molecule has 2 atom stereocenters. The minimum atomic E-state index is -0.417. The largest absolute Gasteiger partial charge is 0.394 e. The van der Waals surface area contributed by atoms with Gasteiger partial charge in [0, 0.05) is 6.54 Å². The van der Waals surface area contributed by atoms with E-state index in [0.29, 0.717) is 6.54 Å². The Bertz CT molecular complexity index is 290. The Balaban J connectivity index is 1.89. The molecule has 0 aromatic rings. The maximum Gasteiger partial charge on any atom is 0.249 e. The Labute approximate surface area is 108 Å². The van der Waals surface area contributed by atoms with Crippen molar-refractivity contribution < 1.29 is 14.6 Å². The van der Waals surface area contributed by atoms with Crippen LogP contribution in [-0.4, -0.2) is 41.9 Å². The molecule has 1 aliphatic heterocycles. The van der Waals surface area contributed by atoms with Crippen LogP contribution in [0.2, 0.25) is 0 Å². The molecule has 1 heterocycles. The summed E-state index contributed by atoms with van der Waals surface area (Å²) < 4.78 is 5.58. The van der Waals surface area contributed by atoms with E-state index in [1.54, 1.807) is 0 Å². The highest BCUT2D eigenvalue weighted by atomic mass is 16.5. The molecule has 0 bridgehead atoms. The van der Waals surface area contributed by atoms with Gasteiger partial charge in [0.25, 0.3) is 0 Å². The maximum atomic E-state index is 12.2. The molecular weight excluding hydrogens is 232 g/mol. The summed E-state index contributed by atoms with van der Waals surface area (Å²) >= 11 is 0. The topological polar surface area (TPSA) is 84.6 Å². The van der Waals surface area contributed by atoms with Gasteiger partial charge in [0.2, 0.25) is 5.91 Å². The fourth-order valence-corrected chi connectivity index (χ4v) is 2.96. The zero-order valence-electron chi connectivity index (χ0n) is 10.9. The Morgan fingerprint density at radius 2 is 2.06 bits per heavy atom. The minimum absolute atomic E-state index is 0.0113. The summed E-state index contributed by atoms with van der Waals surface area (Å²) in [6.07, 6.45) is 6.25. The number of ether oxygens (including phenoxy) is 1. The van der Waals surface area contributed by atoms with E-state index in [9.17, 15) is 9.90 Å². The van der Waals surface area contributed by atoms with Gasteiger partial charge in [0.15, 0.2) is 0 Å². The number of aliphatic hydroxyl groups excluding tert-OH is 1. The summed E-state index contributed by atoms with van der Waals surface area (Å²) in [6, 6.07) is 0. The summed E-state index contributed by atoms with van der Waals surface area (Å²) in [6.45, 7) is 0.487. The predicted octanol–water partition coefficient (Wildman–Crippen LogP) is 0.304. The third-order valence-electron chi connectivity index (χ3n) is 4.16. The van der Waals surface area contributed by atoms with Crippen molar-refractivity contribution in [1.29, 1.82) is 0 Å². The van der Waals surface area contributed by atoms with Crippen molar-refractivity contribution in [3.05, 3.63) is 0 Å². The average molecular weight is 256 g/mol. The quantitative estimate of drug-likeness (QED) is 0.675. The molecule has 1 saturated carbocycles. The van der Waals surface area contributed by atoms with Gasteiger partial charge < -0.3 is 20.9 Å². The molecule has 0 spiro atoms. The lowest BCUT2D eigenvalue weighted by molar-refractivity contribution is -0.135. The molecule has 18 heavy (non-hydrogen) atoms. The second-order valence-corrected chi connectivity index (χ2v) is 5.55. The number of carbonyl (C=O) groups excluding carboxylic acids is 1. The van der Waals surface area contributed by atoms with Crippen molar-refractivity contribution in [3.63, 3.8) is 0 Å². The summed E-state index contributed by atoms with van der Waals surface area (Å²) in [5.41, 5.74) is 5.12. The van der Waals surface area contributed by atoms with Crippen molar-refractivity contribution in [2.45, 2.75) is 62.7 Å². The maximum absolute atomic E-state index is 12.2. The first-order valence-electron chi connectivity index (χ1n) is 6.97. The molecule has 0 radical (unpaired) electrons. The van der Waals surface area contributed by atoms with Gasteiger partial charge in [-0.25, -0.2) is 0 Å². The van der Waals surface area contributed by atoms with E-state index < -0.39 is 5.54 Å². The first kappa shape index (κ1) is 13.8. The number of nitrogens with two attached hydrogens (primary N) is 1. The van der Waals surface area contributed by atoms with Crippen molar-refractivity contribution in [2.24, 2.45) is 5.73 Å². The van der Waals surface area contributed by atoms with Gasteiger partial charge in [0.1, 0.15) is 6.10 Å². The van der Waals surface area contributed by atoms with E-state index in [4.69, 9.17) is 10.5 Å². The molecule has 1 aliphatic carbocycles. The Hall–Kier alpha value is -0.650. The van der Waals surface area contributed by atoms with E-state index in [-0.39, 0.29) is 24.7 Å². The van der Waals surface area contributed by atoms with E-state index in [1.807, 2.05) is 0 Å². The zero-order chi connectivity index (χ0) is 13.0. The lowest BCUT2D eigenvalue weighted by atomic mass is 9.82. The van der Waals surface area contributed by atoms with E-state index in [1.165, 1.54) is 6.42 Å². The van der Waals surface area contributed by atoms with Crippen molar-refractivity contribution in [2.75, 3.05) is 13.2 Å². The van der Waals surface area contributed by atoms with Gasteiger partial charge in [-0.1, -0.05) is 19.3 Å². The van der Waals surface area contributed by atoms with E-state index in [2.05, 4.69) is 5.32 Å². The van der Waals surface area contributed by atoms with E-state index in [0.717, 1.165) is 38.5 Å². The monoisotopic (exact) mass is 256 g/mol. The van der Waals surface area contributed by atoms with Gasteiger partial charge in [0.05, 0.1) is 18.2 Å². The Morgan fingerprint density at radius 1 is 1.33 bits per heavy atom. The molecule has 2 unspecified atom stereocenters. The van der Waals surface area contributed by atoms with Crippen molar-refractivity contribution in [3.8, 4) is 0 Å². The predicted molar refractivity (Wildman–Crippen MR) is 68.0 cm³/mol. The highest BCUT2D eigenvalue weighted by molar-refractivity contribution is 5.81. The molecule has 1 amide bonds. The second-order valence-electron chi connectivity index (χ2n) is 5.55. The minimum Gasteiger partial charge on any atom is -0.394 e. The van der Waals surface area contributed by atoms with Gasteiger partial charge >= 0.3 is 0 Å². The highest BCUT2D eigenvalue weighted by Gasteiger charge is 2.37. The van der Waals surface area contributed by atoms with Crippen LogP contribution in [-0.2, 0) is 9.53 Å². The highest BCUT2D eigenvalue weighted by Crippen LogP contribution is 2.28. The summed E-state index contributed by atoms with van der Waals surface area (Å²) in [5.74, 6) is -0.0816. The van der Waals surface area contributed by atoms with Crippen molar-refractivity contribution >= 4 is 5.91 Å². The molecule has 0 aromatic carbocycles. The third-order valence-corrected chi connectivity index (χ3v) is 4.16. The molecule has 5 heteroatoms. The molecule has 1 saturated heterocycles. The Morgan fingerprint density at radius 3 is 2.61 bits per heavy atom. The van der Waals surface area contributed by atoms with Crippen LogP contribution in [0.3, 0.4) is 0 Å². The van der Waals surface area contributed by atoms with Crippen LogP contribution in [0.4, 0.5) is 0 Å². The van der Waals surface area contributed by atoms with Crippen LogP contribution in [0.25, 0.3) is 0 Å². The molecule has 0 aromatic heterocycles. The lowest BCUT2D eigenvalue weighted by Gasteiger charge is -2.37. The van der Waals surface area contributed by atoms with Gasteiger partial charge in [-0.2, -0.15) is 0 Å². The molecule has 4 N–H and O–H groups in total. The standard InChI is InChI=1S/C13H24N2O3/c14-8-10-4-5-11(18-10)12(17)15-13(9-16)6-2-1-3-7-13/h10-11,16H,1-9,14H2,(H,15,17). The number of nitrogens with one attached hydrogen (secondary N) is 1. The molecule has 2 fully saturated rings. The van der Waals surface area contributed by atoms with Crippen LogP contribution in [0.15, 0.2) is 0 Å². The zero-order valence-corrected chi connectivity index (χ0v) is 10.9. The van der Waals surface area contributed by atoms with Gasteiger partial charge in [-0.15, -0.1) is 0 Å². The average Bonchev–Trinajstić information content (AvgIpc) is 2.88. The number of hydrogen-bond donors (Lipinski definition) is 3. The fourth-order valence-electron chi connectivity index (χ4n) is 2.96. The first-order chi connectivity index (χ1) is 8.69. The summed E-state index contributed by atoms with van der Waals surface area (Å²) in [5, 5.41) is 12.6. The van der Waals surface area contributed by atoms with Crippen molar-refractivity contribution in [1.82, 2.24) is 5.32 Å². The number of aliphatic hydroxyl groups is 1. The fraction of sp³-hybridized carbons (Fsp3) is 0.923. The van der Waals surface area contributed by atoms with Crippen LogP contribution in [0.1, 0.15) is 44.9 Å². The lowest BCUT2D eigenvalue weighted by Crippen LogP contribution is -2.55. The number of rotatable bonds is 4. The molecule has 104 valence electrons. The number of carbonyl (C=O) groups is 1. The SMILES string of the molecule is NCC1CCC(C(=O)NC2(CO)CCCCC2)O1. The van der Waals surface area contributed by atoms with Crippen LogP contribution < -0.4 is 11.1 Å². The Kier molecular flexibility index (Phi) is 4.59.